The Hall–Kier alpha value is -3.03. The molecule has 1 aliphatic rings. The average Bonchev–Trinajstić information content (AvgIpc) is 2.79. The standard InChI is InChI=1S/C24H20BrClN2O4/c25-17-4-1-3-16(13-17)24(30)27-19-7-10-22-21(14-19)28(23(29)15-32-22)11-2-12-31-20-8-5-18(26)6-9-20/h1,3-10,13-14H,2,11-12,15H2,(H,27,30). The van der Waals surface area contributed by atoms with Crippen LogP contribution in [0.5, 0.6) is 11.5 Å². The van der Waals surface area contributed by atoms with Crippen molar-refractivity contribution in [2.24, 2.45) is 0 Å². The molecular weight excluding hydrogens is 496 g/mol. The van der Waals surface area contributed by atoms with Crippen molar-refractivity contribution in [3.63, 3.8) is 0 Å². The third-order valence-corrected chi connectivity index (χ3v) is 5.60. The topological polar surface area (TPSA) is 67.9 Å². The van der Waals surface area contributed by atoms with Crippen LogP contribution in [0.15, 0.2) is 71.2 Å². The molecule has 0 radical (unpaired) electrons. The average molecular weight is 516 g/mol. The maximum absolute atomic E-state index is 12.6. The number of nitrogens with one attached hydrogen (secondary N) is 1. The van der Waals surface area contributed by atoms with E-state index in [1.807, 2.05) is 6.07 Å². The van der Waals surface area contributed by atoms with Gasteiger partial charge in [-0.05, 0) is 67.1 Å². The lowest BCUT2D eigenvalue weighted by atomic mass is 10.1. The van der Waals surface area contributed by atoms with E-state index in [0.29, 0.717) is 47.3 Å². The van der Waals surface area contributed by atoms with Crippen LogP contribution < -0.4 is 19.7 Å². The van der Waals surface area contributed by atoms with Gasteiger partial charge in [0, 0.05) is 27.3 Å². The van der Waals surface area contributed by atoms with Crippen LogP contribution >= 0.6 is 27.5 Å². The first-order valence-electron chi connectivity index (χ1n) is 10.0. The molecule has 0 spiro atoms. The Morgan fingerprint density at radius 3 is 2.72 bits per heavy atom. The number of carbonyl (C=O) groups excluding carboxylic acids is 2. The number of amides is 2. The maximum Gasteiger partial charge on any atom is 0.265 e. The maximum atomic E-state index is 12.6. The molecule has 8 heteroatoms. The lowest BCUT2D eigenvalue weighted by Gasteiger charge is -2.30. The van der Waals surface area contributed by atoms with Gasteiger partial charge in [0.15, 0.2) is 6.61 Å². The molecule has 0 atom stereocenters. The smallest absolute Gasteiger partial charge is 0.265 e. The molecule has 3 aromatic carbocycles. The summed E-state index contributed by atoms with van der Waals surface area (Å²) in [6.07, 6.45) is 0.627. The van der Waals surface area contributed by atoms with Crippen molar-refractivity contribution in [2.45, 2.75) is 6.42 Å². The van der Waals surface area contributed by atoms with E-state index in [9.17, 15) is 9.59 Å². The molecule has 0 fully saturated rings. The quantitative estimate of drug-likeness (QED) is 0.419. The second-order valence-electron chi connectivity index (χ2n) is 7.14. The monoisotopic (exact) mass is 514 g/mol. The number of nitrogens with zero attached hydrogens (tertiary/aromatic N) is 1. The molecule has 1 heterocycles. The van der Waals surface area contributed by atoms with E-state index < -0.39 is 0 Å². The van der Waals surface area contributed by atoms with Crippen molar-refractivity contribution >= 4 is 50.7 Å². The van der Waals surface area contributed by atoms with Crippen LogP contribution in [0.1, 0.15) is 16.8 Å². The van der Waals surface area contributed by atoms with Gasteiger partial charge in [0.2, 0.25) is 0 Å². The van der Waals surface area contributed by atoms with Gasteiger partial charge in [-0.1, -0.05) is 33.6 Å². The molecule has 6 nitrogen and oxygen atoms in total. The number of benzene rings is 3. The largest absolute Gasteiger partial charge is 0.494 e. The Morgan fingerprint density at radius 1 is 1.12 bits per heavy atom. The summed E-state index contributed by atoms with van der Waals surface area (Å²) in [7, 11) is 0. The predicted octanol–water partition coefficient (Wildman–Crippen LogP) is 5.55. The number of anilines is 2. The van der Waals surface area contributed by atoms with Crippen molar-refractivity contribution in [2.75, 3.05) is 30.0 Å². The summed E-state index contributed by atoms with van der Waals surface area (Å²) in [4.78, 5) is 26.7. The zero-order chi connectivity index (χ0) is 22.5. The zero-order valence-corrected chi connectivity index (χ0v) is 19.4. The van der Waals surface area contributed by atoms with Crippen LogP contribution in [-0.2, 0) is 4.79 Å². The summed E-state index contributed by atoms with van der Waals surface area (Å²) in [6.45, 7) is 0.890. The van der Waals surface area contributed by atoms with Crippen molar-refractivity contribution in [1.82, 2.24) is 0 Å². The molecule has 3 aromatic rings. The first-order chi connectivity index (χ1) is 15.5. The molecule has 0 unspecified atom stereocenters. The van der Waals surface area contributed by atoms with Crippen molar-refractivity contribution in [1.29, 1.82) is 0 Å². The van der Waals surface area contributed by atoms with Gasteiger partial charge in [-0.15, -0.1) is 0 Å². The van der Waals surface area contributed by atoms with E-state index in [1.54, 1.807) is 65.6 Å². The highest BCUT2D eigenvalue weighted by Gasteiger charge is 2.25. The van der Waals surface area contributed by atoms with Crippen LogP contribution in [0.4, 0.5) is 11.4 Å². The van der Waals surface area contributed by atoms with E-state index in [1.165, 1.54) is 0 Å². The molecule has 4 rings (SSSR count). The second-order valence-corrected chi connectivity index (χ2v) is 8.49. The second kappa shape index (κ2) is 10.1. The van der Waals surface area contributed by atoms with Crippen LogP contribution in [0.3, 0.4) is 0 Å². The Bertz CT molecular complexity index is 1140. The minimum absolute atomic E-state index is 0.0191. The van der Waals surface area contributed by atoms with Gasteiger partial charge in [-0.25, -0.2) is 0 Å². The normalized spacial score (nSPS) is 12.7. The summed E-state index contributed by atoms with van der Waals surface area (Å²) in [5, 5.41) is 3.52. The molecule has 1 aliphatic heterocycles. The highest BCUT2D eigenvalue weighted by molar-refractivity contribution is 9.10. The molecule has 0 saturated heterocycles. The number of ether oxygens (including phenoxy) is 2. The minimum atomic E-state index is -0.239. The summed E-state index contributed by atoms with van der Waals surface area (Å²) in [6, 6.07) is 19.5. The van der Waals surface area contributed by atoms with E-state index in [2.05, 4.69) is 21.2 Å². The first-order valence-corrected chi connectivity index (χ1v) is 11.2. The molecule has 0 bridgehead atoms. The number of halogens is 2. The van der Waals surface area contributed by atoms with Gasteiger partial charge in [-0.2, -0.15) is 0 Å². The van der Waals surface area contributed by atoms with Crippen LogP contribution in [0, 0.1) is 0 Å². The van der Waals surface area contributed by atoms with Crippen LogP contribution in [0.2, 0.25) is 5.02 Å². The van der Waals surface area contributed by atoms with Gasteiger partial charge >= 0.3 is 0 Å². The Kier molecular flexibility index (Phi) is 6.97. The van der Waals surface area contributed by atoms with Gasteiger partial charge < -0.3 is 19.7 Å². The molecule has 0 aliphatic carbocycles. The van der Waals surface area contributed by atoms with E-state index in [-0.39, 0.29) is 18.4 Å². The number of carbonyl (C=O) groups is 2. The van der Waals surface area contributed by atoms with E-state index in [0.717, 1.165) is 10.2 Å². The molecule has 164 valence electrons. The summed E-state index contributed by atoms with van der Waals surface area (Å²) in [5.41, 5.74) is 1.73. The zero-order valence-electron chi connectivity index (χ0n) is 17.0. The van der Waals surface area contributed by atoms with E-state index >= 15 is 0 Å². The van der Waals surface area contributed by atoms with Crippen molar-refractivity contribution < 1.29 is 19.1 Å². The van der Waals surface area contributed by atoms with Gasteiger partial charge in [-0.3, -0.25) is 9.59 Å². The predicted molar refractivity (Wildman–Crippen MR) is 128 cm³/mol. The van der Waals surface area contributed by atoms with Crippen molar-refractivity contribution in [3.8, 4) is 11.5 Å². The number of rotatable bonds is 7. The van der Waals surface area contributed by atoms with Crippen LogP contribution in [0.25, 0.3) is 0 Å². The summed E-state index contributed by atoms with van der Waals surface area (Å²) in [5.74, 6) is 0.945. The lowest BCUT2D eigenvalue weighted by molar-refractivity contribution is -0.121. The van der Waals surface area contributed by atoms with Gasteiger partial charge in [0.25, 0.3) is 11.8 Å². The fourth-order valence-electron chi connectivity index (χ4n) is 3.30. The fraction of sp³-hybridized carbons (Fsp3) is 0.167. The lowest BCUT2D eigenvalue weighted by Crippen LogP contribution is -2.39. The Morgan fingerprint density at radius 2 is 1.94 bits per heavy atom. The molecule has 1 N–H and O–H groups in total. The fourth-order valence-corrected chi connectivity index (χ4v) is 3.83. The number of hydrogen-bond acceptors (Lipinski definition) is 4. The third kappa shape index (κ3) is 5.41. The van der Waals surface area contributed by atoms with Gasteiger partial charge in [0.1, 0.15) is 11.5 Å². The Balaban J connectivity index is 1.42. The Labute approximate surface area is 199 Å². The molecule has 2 amide bonds. The number of hydrogen-bond donors (Lipinski definition) is 1. The molecule has 0 aromatic heterocycles. The highest BCUT2D eigenvalue weighted by atomic mass is 79.9. The highest BCUT2D eigenvalue weighted by Crippen LogP contribution is 2.35. The van der Waals surface area contributed by atoms with Gasteiger partial charge in [0.05, 0.1) is 12.3 Å². The third-order valence-electron chi connectivity index (χ3n) is 4.86. The van der Waals surface area contributed by atoms with Crippen LogP contribution in [-0.4, -0.2) is 31.6 Å². The summed E-state index contributed by atoms with van der Waals surface area (Å²) >= 11 is 9.26. The molecule has 0 saturated carbocycles. The first kappa shape index (κ1) is 22.2. The molecule has 32 heavy (non-hydrogen) atoms. The molecular formula is C24H20BrClN2O4. The number of fused-ring (bicyclic) bond motifs is 1. The summed E-state index contributed by atoms with van der Waals surface area (Å²) < 4.78 is 12.1. The SMILES string of the molecule is O=C(Nc1ccc2c(c1)N(CCCOc1ccc(Cl)cc1)C(=O)CO2)c1cccc(Br)c1. The minimum Gasteiger partial charge on any atom is -0.494 e. The van der Waals surface area contributed by atoms with E-state index in [4.69, 9.17) is 21.1 Å². The van der Waals surface area contributed by atoms with Crippen molar-refractivity contribution in [3.05, 3.63) is 81.8 Å².